The normalized spacial score (nSPS) is 14.9. The van der Waals surface area contributed by atoms with Crippen LogP contribution in [0.1, 0.15) is 70.4 Å². The number of sulfonamides is 1. The van der Waals surface area contributed by atoms with Crippen molar-refractivity contribution in [3.8, 4) is 0 Å². The maximum atomic E-state index is 13.0. The topological polar surface area (TPSA) is 142 Å². The molecule has 0 aliphatic heterocycles. The number of aliphatic hydroxyl groups excluding tert-OH is 1. The molecule has 4 N–H and O–H groups in total. The Labute approximate surface area is 204 Å². The second-order valence-electron chi connectivity index (χ2n) is 9.46. The number of rotatable bonds is 6. The summed E-state index contributed by atoms with van der Waals surface area (Å²) in [6.07, 6.45) is 4.39. The third-order valence-electron chi connectivity index (χ3n) is 6.72. The van der Waals surface area contributed by atoms with Crippen LogP contribution in [-0.2, 0) is 52.7 Å². The summed E-state index contributed by atoms with van der Waals surface area (Å²) in [4.78, 5) is 25.2. The van der Waals surface area contributed by atoms with Crippen molar-refractivity contribution in [3.05, 3.63) is 57.1 Å². The number of carbonyl (C=O) groups is 2. The Morgan fingerprint density at radius 3 is 2.11 bits per heavy atom. The standard InChI is InChI=1S/C25H30N2O7S/c1-25(2,31)20-12-15(11-10-14(20)13-28)35(32,33)27-24(30)26-22-18-8-4-6-16(18)21(23(29)34-3)17-7-5-9-19(17)22/h10-12,28,31H,4-9,13H2,1-3H3,(H2,26,27,30). The third-order valence-corrected chi connectivity index (χ3v) is 8.05. The van der Waals surface area contributed by atoms with Crippen molar-refractivity contribution in [2.75, 3.05) is 12.4 Å². The van der Waals surface area contributed by atoms with Gasteiger partial charge in [0.2, 0.25) is 0 Å². The van der Waals surface area contributed by atoms with Gasteiger partial charge in [-0.1, -0.05) is 6.07 Å². The number of ether oxygens (including phenoxy) is 1. The summed E-state index contributed by atoms with van der Waals surface area (Å²) < 4.78 is 33.0. The van der Waals surface area contributed by atoms with Crippen LogP contribution in [0.2, 0.25) is 0 Å². The first-order valence-electron chi connectivity index (χ1n) is 11.6. The molecule has 2 aliphatic rings. The number of benzene rings is 2. The molecule has 0 unspecified atom stereocenters. The average molecular weight is 503 g/mol. The summed E-state index contributed by atoms with van der Waals surface area (Å²) >= 11 is 0. The average Bonchev–Trinajstić information content (AvgIpc) is 3.47. The molecule has 9 nitrogen and oxygen atoms in total. The summed E-state index contributed by atoms with van der Waals surface area (Å²) in [6, 6.07) is 3.03. The van der Waals surface area contributed by atoms with Gasteiger partial charge in [-0.05, 0) is 97.9 Å². The Hall–Kier alpha value is -2.95. The van der Waals surface area contributed by atoms with Crippen LogP contribution in [-0.4, -0.2) is 37.7 Å². The number of fused-ring (bicyclic) bond motifs is 2. The molecule has 0 heterocycles. The first kappa shape index (κ1) is 25.2. The molecule has 0 saturated carbocycles. The number of hydrogen-bond donors (Lipinski definition) is 4. The monoisotopic (exact) mass is 502 g/mol. The Balaban J connectivity index is 1.66. The van der Waals surface area contributed by atoms with Gasteiger partial charge in [0, 0.05) is 5.69 Å². The van der Waals surface area contributed by atoms with E-state index in [0.29, 0.717) is 42.5 Å². The van der Waals surface area contributed by atoms with Gasteiger partial charge >= 0.3 is 12.0 Å². The SMILES string of the molecule is COC(=O)c1c2c(c(NC(=O)NS(=O)(=O)c3ccc(CO)c(C(C)(C)O)c3)c3c1CCC3)CCC2. The molecule has 10 heteroatoms. The van der Waals surface area contributed by atoms with Crippen LogP contribution in [0.15, 0.2) is 23.1 Å². The molecule has 4 rings (SSSR count). The third kappa shape index (κ3) is 4.65. The Bertz CT molecular complexity index is 1280. The van der Waals surface area contributed by atoms with Crippen LogP contribution < -0.4 is 10.0 Å². The second-order valence-corrected chi connectivity index (χ2v) is 11.1. The number of anilines is 1. The number of carbonyl (C=O) groups excluding carboxylic acids is 2. The lowest BCUT2D eigenvalue weighted by atomic mass is 9.92. The quantitative estimate of drug-likeness (QED) is 0.445. The van der Waals surface area contributed by atoms with Gasteiger partial charge in [-0.3, -0.25) is 0 Å². The van der Waals surface area contributed by atoms with E-state index in [0.717, 1.165) is 35.1 Å². The molecule has 0 bridgehead atoms. The molecule has 0 aromatic heterocycles. The van der Waals surface area contributed by atoms with E-state index in [-0.39, 0.29) is 23.0 Å². The first-order valence-corrected chi connectivity index (χ1v) is 13.0. The lowest BCUT2D eigenvalue weighted by Crippen LogP contribution is -2.35. The highest BCUT2D eigenvalue weighted by Crippen LogP contribution is 2.42. The summed E-state index contributed by atoms with van der Waals surface area (Å²) in [5, 5.41) is 22.7. The molecule has 0 atom stereocenters. The number of methoxy groups -OCH3 is 1. The van der Waals surface area contributed by atoms with Gasteiger partial charge < -0.3 is 20.3 Å². The van der Waals surface area contributed by atoms with Crippen LogP contribution >= 0.6 is 0 Å². The molecular weight excluding hydrogens is 472 g/mol. The lowest BCUT2D eigenvalue weighted by Gasteiger charge is -2.22. The minimum Gasteiger partial charge on any atom is -0.465 e. The summed E-state index contributed by atoms with van der Waals surface area (Å²) in [7, 11) is -2.92. The minimum absolute atomic E-state index is 0.210. The predicted octanol–water partition coefficient (Wildman–Crippen LogP) is 2.68. The Kier molecular flexibility index (Phi) is 6.65. The summed E-state index contributed by atoms with van der Waals surface area (Å²) in [5.74, 6) is -0.381. The molecule has 0 saturated heterocycles. The molecule has 2 aromatic rings. The molecule has 35 heavy (non-hydrogen) atoms. The van der Waals surface area contributed by atoms with E-state index < -0.39 is 21.7 Å². The summed E-state index contributed by atoms with van der Waals surface area (Å²) in [5.41, 5.74) is 3.86. The van der Waals surface area contributed by atoms with Crippen LogP contribution in [0.4, 0.5) is 10.5 Å². The van der Waals surface area contributed by atoms with E-state index in [1.54, 1.807) is 0 Å². The Morgan fingerprint density at radius 2 is 1.60 bits per heavy atom. The van der Waals surface area contributed by atoms with Crippen molar-refractivity contribution in [2.45, 2.75) is 69.5 Å². The first-order chi connectivity index (χ1) is 16.5. The highest BCUT2D eigenvalue weighted by Gasteiger charge is 2.33. The Morgan fingerprint density at radius 1 is 1.03 bits per heavy atom. The fraction of sp³-hybridized carbons (Fsp3) is 0.440. The van der Waals surface area contributed by atoms with Crippen LogP contribution in [0, 0.1) is 0 Å². The fourth-order valence-electron chi connectivity index (χ4n) is 5.20. The molecule has 188 valence electrons. The van der Waals surface area contributed by atoms with Crippen molar-refractivity contribution in [1.82, 2.24) is 4.72 Å². The van der Waals surface area contributed by atoms with E-state index in [4.69, 9.17) is 4.74 Å². The molecular formula is C25H30N2O7S. The number of aliphatic hydroxyl groups is 2. The van der Waals surface area contributed by atoms with Crippen molar-refractivity contribution >= 4 is 27.7 Å². The lowest BCUT2D eigenvalue weighted by molar-refractivity contribution is 0.0598. The number of hydrogen-bond acceptors (Lipinski definition) is 7. The maximum Gasteiger partial charge on any atom is 0.338 e. The molecule has 2 aliphatic carbocycles. The summed E-state index contributed by atoms with van der Waals surface area (Å²) in [6.45, 7) is 2.60. The van der Waals surface area contributed by atoms with E-state index in [2.05, 4.69) is 10.0 Å². The molecule has 0 radical (unpaired) electrons. The van der Waals surface area contributed by atoms with Crippen LogP contribution in [0.5, 0.6) is 0 Å². The van der Waals surface area contributed by atoms with Crippen molar-refractivity contribution in [1.29, 1.82) is 0 Å². The fourth-order valence-corrected chi connectivity index (χ4v) is 6.14. The van der Waals surface area contributed by atoms with Gasteiger partial charge in [-0.2, -0.15) is 0 Å². The van der Waals surface area contributed by atoms with Crippen molar-refractivity contribution < 1.29 is 33.0 Å². The number of amides is 2. The van der Waals surface area contributed by atoms with Crippen molar-refractivity contribution in [2.24, 2.45) is 0 Å². The van der Waals surface area contributed by atoms with Crippen LogP contribution in [0.25, 0.3) is 0 Å². The second kappa shape index (κ2) is 9.25. The van der Waals surface area contributed by atoms with Gasteiger partial charge in [0.15, 0.2) is 0 Å². The minimum atomic E-state index is -4.27. The number of esters is 1. The molecule has 0 spiro atoms. The van der Waals surface area contributed by atoms with Gasteiger partial charge in [0.1, 0.15) is 0 Å². The highest BCUT2D eigenvalue weighted by molar-refractivity contribution is 7.90. The highest BCUT2D eigenvalue weighted by atomic mass is 32.2. The van der Waals surface area contributed by atoms with Gasteiger partial charge in [-0.25, -0.2) is 22.7 Å². The maximum absolute atomic E-state index is 13.0. The largest absolute Gasteiger partial charge is 0.465 e. The zero-order valence-corrected chi connectivity index (χ0v) is 20.8. The number of nitrogens with one attached hydrogen (secondary N) is 2. The van der Waals surface area contributed by atoms with E-state index in [1.807, 2.05) is 0 Å². The molecule has 2 aromatic carbocycles. The van der Waals surface area contributed by atoms with E-state index >= 15 is 0 Å². The van der Waals surface area contributed by atoms with E-state index in [9.17, 15) is 28.2 Å². The van der Waals surface area contributed by atoms with E-state index in [1.165, 1.54) is 39.2 Å². The zero-order chi connectivity index (χ0) is 25.5. The number of urea groups is 1. The van der Waals surface area contributed by atoms with Gasteiger partial charge in [-0.15, -0.1) is 0 Å². The van der Waals surface area contributed by atoms with Crippen molar-refractivity contribution in [3.63, 3.8) is 0 Å². The van der Waals surface area contributed by atoms with Gasteiger partial charge in [0.25, 0.3) is 10.0 Å². The van der Waals surface area contributed by atoms with Crippen LogP contribution in [0.3, 0.4) is 0 Å². The molecule has 0 fully saturated rings. The predicted molar refractivity (Wildman–Crippen MR) is 129 cm³/mol. The molecule has 2 amide bonds. The zero-order valence-electron chi connectivity index (χ0n) is 20.0. The van der Waals surface area contributed by atoms with Gasteiger partial charge in [0.05, 0.1) is 29.8 Å². The smallest absolute Gasteiger partial charge is 0.338 e.